The summed E-state index contributed by atoms with van der Waals surface area (Å²) in [6, 6.07) is 10.4. The molecule has 0 unspecified atom stereocenters. The van der Waals surface area contributed by atoms with Gasteiger partial charge in [-0.25, -0.2) is 17.5 Å². The zero-order valence-electron chi connectivity index (χ0n) is 17.0. The van der Waals surface area contributed by atoms with Gasteiger partial charge in [-0.05, 0) is 73.6 Å². The van der Waals surface area contributed by atoms with Crippen molar-refractivity contribution in [2.24, 2.45) is 11.8 Å². The molecule has 0 spiro atoms. The zero-order chi connectivity index (χ0) is 21.8. The summed E-state index contributed by atoms with van der Waals surface area (Å²) >= 11 is 0. The van der Waals surface area contributed by atoms with Gasteiger partial charge in [-0.3, -0.25) is 4.79 Å². The van der Waals surface area contributed by atoms with Crippen molar-refractivity contribution in [3.8, 4) is 11.5 Å². The second kappa shape index (κ2) is 9.23. The van der Waals surface area contributed by atoms with Crippen molar-refractivity contribution in [3.63, 3.8) is 0 Å². The Labute approximate surface area is 181 Å². The molecule has 0 saturated heterocycles. The first-order valence-corrected chi connectivity index (χ1v) is 11.8. The number of carbonyl (C=O) groups excluding carboxylic acids is 1. The first kappa shape index (κ1) is 21.6. The highest BCUT2D eigenvalue weighted by Gasteiger charge is 2.27. The van der Waals surface area contributed by atoms with Crippen LogP contribution < -0.4 is 19.5 Å². The Morgan fingerprint density at radius 1 is 1.00 bits per heavy atom. The number of sulfonamides is 1. The minimum Gasteiger partial charge on any atom is -0.454 e. The quantitative estimate of drug-likeness (QED) is 0.679. The Morgan fingerprint density at radius 2 is 1.71 bits per heavy atom. The molecule has 1 heterocycles. The number of halogens is 1. The van der Waals surface area contributed by atoms with Crippen LogP contribution in [0.3, 0.4) is 0 Å². The van der Waals surface area contributed by atoms with E-state index in [1.54, 1.807) is 0 Å². The van der Waals surface area contributed by atoms with Crippen LogP contribution in [0.4, 0.5) is 4.39 Å². The molecule has 31 heavy (non-hydrogen) atoms. The highest BCUT2D eigenvalue weighted by molar-refractivity contribution is 7.89. The van der Waals surface area contributed by atoms with Crippen LogP contribution in [0.15, 0.2) is 47.4 Å². The molecular weight excluding hydrogens is 423 g/mol. The summed E-state index contributed by atoms with van der Waals surface area (Å²) in [4.78, 5) is 12.6. The maximum Gasteiger partial charge on any atom is 0.240 e. The van der Waals surface area contributed by atoms with Crippen LogP contribution in [0.1, 0.15) is 31.2 Å². The summed E-state index contributed by atoms with van der Waals surface area (Å²) in [6.45, 7) is 0.951. The van der Waals surface area contributed by atoms with Crippen molar-refractivity contribution < 1.29 is 27.1 Å². The molecular formula is C22H25FN2O5S. The van der Waals surface area contributed by atoms with E-state index in [4.69, 9.17) is 9.47 Å². The van der Waals surface area contributed by atoms with Crippen LogP contribution >= 0.6 is 0 Å². The fourth-order valence-electron chi connectivity index (χ4n) is 3.94. The lowest BCUT2D eigenvalue weighted by Crippen LogP contribution is -2.36. The lowest BCUT2D eigenvalue weighted by atomic mass is 9.81. The van der Waals surface area contributed by atoms with Crippen molar-refractivity contribution in [2.75, 3.05) is 13.3 Å². The average molecular weight is 449 g/mol. The minimum absolute atomic E-state index is 0.0167. The molecule has 2 N–H and O–H groups in total. The summed E-state index contributed by atoms with van der Waals surface area (Å²) in [6.07, 6.45) is 2.98. The first-order chi connectivity index (χ1) is 14.9. The largest absolute Gasteiger partial charge is 0.454 e. The Balaban J connectivity index is 1.21. The summed E-state index contributed by atoms with van der Waals surface area (Å²) in [5, 5.41) is 2.98. The summed E-state index contributed by atoms with van der Waals surface area (Å²) in [7, 11) is -3.67. The Kier molecular flexibility index (Phi) is 6.43. The van der Waals surface area contributed by atoms with Crippen molar-refractivity contribution >= 4 is 15.9 Å². The first-order valence-electron chi connectivity index (χ1n) is 10.3. The molecule has 7 nitrogen and oxygen atoms in total. The SMILES string of the molecule is O=C(NCc1ccc2c(c1)OCO2)C1CCC(CNS(=O)(=O)c2ccc(F)cc2)CC1. The zero-order valence-corrected chi connectivity index (χ0v) is 17.8. The third-order valence-corrected chi connectivity index (χ3v) is 7.25. The predicted octanol–water partition coefficient (Wildman–Crippen LogP) is 2.96. The van der Waals surface area contributed by atoms with Gasteiger partial charge in [-0.2, -0.15) is 0 Å². The van der Waals surface area contributed by atoms with Gasteiger partial charge in [-0.15, -0.1) is 0 Å². The molecule has 2 aromatic rings. The molecule has 1 aliphatic heterocycles. The smallest absolute Gasteiger partial charge is 0.240 e. The third-order valence-electron chi connectivity index (χ3n) is 5.81. The maximum atomic E-state index is 13.0. The van der Waals surface area contributed by atoms with E-state index in [9.17, 15) is 17.6 Å². The fourth-order valence-corrected chi connectivity index (χ4v) is 5.05. The average Bonchev–Trinajstić information content (AvgIpc) is 3.25. The van der Waals surface area contributed by atoms with Crippen molar-refractivity contribution in [1.29, 1.82) is 0 Å². The van der Waals surface area contributed by atoms with E-state index in [0.717, 1.165) is 43.4 Å². The minimum atomic E-state index is -3.67. The lowest BCUT2D eigenvalue weighted by molar-refractivity contribution is -0.126. The van der Waals surface area contributed by atoms with Gasteiger partial charge in [-0.1, -0.05) is 6.07 Å². The lowest BCUT2D eigenvalue weighted by Gasteiger charge is -2.28. The number of nitrogens with one attached hydrogen (secondary N) is 2. The van der Waals surface area contributed by atoms with Crippen LogP contribution in [0, 0.1) is 17.7 Å². The van der Waals surface area contributed by atoms with E-state index in [1.165, 1.54) is 12.1 Å². The highest BCUT2D eigenvalue weighted by Crippen LogP contribution is 2.33. The van der Waals surface area contributed by atoms with Crippen LogP contribution in [-0.4, -0.2) is 27.7 Å². The van der Waals surface area contributed by atoms with Gasteiger partial charge in [0, 0.05) is 19.0 Å². The van der Waals surface area contributed by atoms with Crippen LogP contribution in [0.25, 0.3) is 0 Å². The number of hydrogen-bond acceptors (Lipinski definition) is 5. The number of rotatable bonds is 7. The van der Waals surface area contributed by atoms with E-state index in [0.29, 0.717) is 24.6 Å². The Morgan fingerprint density at radius 3 is 2.45 bits per heavy atom. The van der Waals surface area contributed by atoms with Crippen molar-refractivity contribution in [1.82, 2.24) is 10.0 Å². The standard InChI is InChI=1S/C22H25FN2O5S/c23-18-6-8-19(9-7-18)31(27,28)25-13-15-1-4-17(5-2-15)22(26)24-12-16-3-10-20-21(11-16)30-14-29-20/h3,6-11,15,17,25H,1-2,4-5,12-14H2,(H,24,26). The number of ether oxygens (including phenoxy) is 2. The summed E-state index contributed by atoms with van der Waals surface area (Å²) in [5.41, 5.74) is 0.946. The topological polar surface area (TPSA) is 93.7 Å². The van der Waals surface area contributed by atoms with E-state index in [2.05, 4.69) is 10.0 Å². The van der Waals surface area contributed by atoms with Gasteiger partial charge in [0.15, 0.2) is 11.5 Å². The molecule has 0 radical (unpaired) electrons. The van der Waals surface area contributed by atoms with Gasteiger partial charge >= 0.3 is 0 Å². The third kappa shape index (κ3) is 5.34. The van der Waals surface area contributed by atoms with Crippen molar-refractivity contribution in [2.45, 2.75) is 37.1 Å². The number of fused-ring (bicyclic) bond motifs is 1. The van der Waals surface area contributed by atoms with Gasteiger partial charge in [0.25, 0.3) is 0 Å². The monoisotopic (exact) mass is 448 g/mol. The molecule has 0 atom stereocenters. The number of carbonyl (C=O) groups is 1. The van der Waals surface area contributed by atoms with E-state index in [1.807, 2.05) is 18.2 Å². The molecule has 1 amide bonds. The molecule has 4 rings (SSSR count). The normalized spacial score (nSPS) is 20.4. The fraction of sp³-hybridized carbons (Fsp3) is 0.409. The second-order valence-corrected chi connectivity index (χ2v) is 9.70. The van der Waals surface area contributed by atoms with Crippen LogP contribution in [0.5, 0.6) is 11.5 Å². The van der Waals surface area contributed by atoms with E-state index < -0.39 is 15.8 Å². The van der Waals surface area contributed by atoms with E-state index >= 15 is 0 Å². The van der Waals surface area contributed by atoms with E-state index in [-0.39, 0.29) is 29.4 Å². The Bertz CT molecular complexity index is 1030. The second-order valence-electron chi connectivity index (χ2n) is 7.93. The molecule has 166 valence electrons. The Hall–Kier alpha value is -2.65. The molecule has 2 aromatic carbocycles. The van der Waals surface area contributed by atoms with Gasteiger partial charge in [0.05, 0.1) is 4.90 Å². The molecule has 2 aliphatic rings. The van der Waals surface area contributed by atoms with Gasteiger partial charge in [0.1, 0.15) is 5.82 Å². The molecule has 1 saturated carbocycles. The molecule has 0 aromatic heterocycles. The predicted molar refractivity (Wildman–Crippen MR) is 111 cm³/mol. The van der Waals surface area contributed by atoms with Crippen LogP contribution in [0.2, 0.25) is 0 Å². The summed E-state index contributed by atoms with van der Waals surface area (Å²) < 4.78 is 50.9. The number of hydrogen-bond donors (Lipinski definition) is 2. The van der Waals surface area contributed by atoms with Crippen molar-refractivity contribution in [3.05, 3.63) is 53.8 Å². The number of benzene rings is 2. The summed E-state index contributed by atoms with van der Waals surface area (Å²) in [5.74, 6) is 1.04. The highest BCUT2D eigenvalue weighted by atomic mass is 32.2. The van der Waals surface area contributed by atoms with Gasteiger partial charge < -0.3 is 14.8 Å². The molecule has 0 bridgehead atoms. The number of amides is 1. The maximum absolute atomic E-state index is 13.0. The van der Waals surface area contributed by atoms with Crippen LogP contribution in [-0.2, 0) is 21.4 Å². The molecule has 9 heteroatoms. The molecule has 1 fully saturated rings. The van der Waals surface area contributed by atoms with Gasteiger partial charge in [0.2, 0.25) is 22.7 Å². The molecule has 1 aliphatic carbocycles.